The Balaban J connectivity index is 0.980. The van der Waals surface area contributed by atoms with Gasteiger partial charge in [0.2, 0.25) is 5.91 Å². The molecule has 0 radical (unpaired) electrons. The van der Waals surface area contributed by atoms with Crippen LogP contribution < -0.4 is 15.5 Å². The third-order valence-electron chi connectivity index (χ3n) is 9.58. The molecule has 48 heavy (non-hydrogen) atoms. The largest absolute Gasteiger partial charge is 0.362 e. The van der Waals surface area contributed by atoms with Crippen LogP contribution in [-0.2, 0) is 10.5 Å². The number of rotatable bonds is 14. The second kappa shape index (κ2) is 16.0. The lowest BCUT2D eigenvalue weighted by Crippen LogP contribution is -2.37. The number of ketones is 1. The average molecular weight is 705 g/mol. The van der Waals surface area contributed by atoms with E-state index in [0.717, 1.165) is 66.0 Å². The van der Waals surface area contributed by atoms with Gasteiger partial charge in [0.05, 0.1) is 17.5 Å². The van der Waals surface area contributed by atoms with Crippen molar-refractivity contribution < 1.29 is 9.59 Å². The molecular formula is C38H43Cl2N5O2S. The van der Waals surface area contributed by atoms with Gasteiger partial charge in [-0.3, -0.25) is 9.59 Å². The van der Waals surface area contributed by atoms with Crippen molar-refractivity contribution in [3.05, 3.63) is 99.8 Å². The smallest absolute Gasteiger partial charge is 0.224 e. The Bertz CT molecular complexity index is 1710. The maximum Gasteiger partial charge on any atom is 0.224 e. The summed E-state index contributed by atoms with van der Waals surface area (Å²) in [4.78, 5) is 38.5. The summed E-state index contributed by atoms with van der Waals surface area (Å²) < 4.78 is 0. The summed E-state index contributed by atoms with van der Waals surface area (Å²) in [5.74, 6) is 3.77. The Morgan fingerprint density at radius 1 is 0.917 bits per heavy atom. The van der Waals surface area contributed by atoms with Crippen LogP contribution in [0.4, 0.5) is 5.82 Å². The van der Waals surface area contributed by atoms with Gasteiger partial charge in [-0.05, 0) is 85.2 Å². The average Bonchev–Trinajstić information content (AvgIpc) is 3.87. The Labute approximate surface area is 297 Å². The second-order valence-corrected chi connectivity index (χ2v) is 15.3. The molecule has 3 atom stereocenters. The number of nitrogens with one attached hydrogen (secondary N) is 2. The van der Waals surface area contributed by atoms with E-state index >= 15 is 0 Å². The maximum atomic E-state index is 13.5. The number of Topliss-reactive ketones (excluding diaryl/α,β-unsaturated/α-hetero) is 1. The summed E-state index contributed by atoms with van der Waals surface area (Å²) in [5.41, 5.74) is 2.70. The van der Waals surface area contributed by atoms with Crippen molar-refractivity contribution in [3.63, 3.8) is 0 Å². The van der Waals surface area contributed by atoms with Crippen LogP contribution in [0, 0.1) is 17.8 Å². The van der Waals surface area contributed by atoms with E-state index in [0.29, 0.717) is 45.8 Å². The molecule has 3 aromatic carbocycles. The number of amides is 1. The van der Waals surface area contributed by atoms with E-state index in [9.17, 15) is 9.59 Å². The Morgan fingerprint density at radius 2 is 1.58 bits per heavy atom. The van der Waals surface area contributed by atoms with E-state index in [2.05, 4.69) is 27.7 Å². The number of anilines is 1. The fraction of sp³-hybridized carbons (Fsp3) is 0.421. The summed E-state index contributed by atoms with van der Waals surface area (Å²) in [6.45, 7) is 0.654. The quantitative estimate of drug-likeness (QED) is 0.101. The number of carbonyl (C=O) groups excluding carboxylic acids is 2. The maximum absolute atomic E-state index is 13.5. The van der Waals surface area contributed by atoms with E-state index in [1.54, 1.807) is 36.0 Å². The zero-order chi connectivity index (χ0) is 33.6. The van der Waals surface area contributed by atoms with Gasteiger partial charge >= 0.3 is 0 Å². The summed E-state index contributed by atoms with van der Waals surface area (Å²) in [6, 6.07) is 23.4. The normalized spacial score (nSPS) is 21.1. The molecule has 1 aliphatic heterocycles. The van der Waals surface area contributed by atoms with Gasteiger partial charge in [0.1, 0.15) is 11.6 Å². The topological polar surface area (TPSA) is 97.1 Å². The molecule has 6 rings (SSSR count). The highest BCUT2D eigenvalue weighted by molar-refractivity contribution is 7.98. The van der Waals surface area contributed by atoms with Crippen LogP contribution in [-0.4, -0.2) is 54.1 Å². The van der Waals surface area contributed by atoms with Gasteiger partial charge in [-0.1, -0.05) is 60.3 Å². The fourth-order valence-electron chi connectivity index (χ4n) is 6.72. The number of hydrogen-bond acceptors (Lipinski definition) is 7. The number of aromatic nitrogens is 2. The minimum absolute atomic E-state index is 0.0412. The number of nitrogens with zero attached hydrogens (tertiary/aromatic N) is 3. The van der Waals surface area contributed by atoms with E-state index < -0.39 is 5.92 Å². The minimum Gasteiger partial charge on any atom is -0.362 e. The first-order chi connectivity index (χ1) is 23.2. The summed E-state index contributed by atoms with van der Waals surface area (Å²) >= 11 is 13.7. The van der Waals surface area contributed by atoms with Gasteiger partial charge in [0.15, 0.2) is 5.78 Å². The number of fused-ring (bicyclic) bond motifs is 1. The van der Waals surface area contributed by atoms with Crippen LogP contribution in [0.1, 0.15) is 66.3 Å². The number of carbonyl (C=O) groups is 2. The lowest BCUT2D eigenvalue weighted by atomic mass is 9.79. The highest BCUT2D eigenvalue weighted by atomic mass is 35.5. The van der Waals surface area contributed by atoms with Crippen molar-refractivity contribution in [1.29, 1.82) is 0 Å². The monoisotopic (exact) mass is 703 g/mol. The van der Waals surface area contributed by atoms with Gasteiger partial charge in [-0.15, -0.1) is 0 Å². The molecule has 252 valence electrons. The van der Waals surface area contributed by atoms with Gasteiger partial charge in [-0.2, -0.15) is 11.8 Å². The first kappa shape index (κ1) is 34.7. The van der Waals surface area contributed by atoms with Crippen molar-refractivity contribution >= 4 is 63.4 Å². The summed E-state index contributed by atoms with van der Waals surface area (Å²) in [5, 5.41) is 9.23. The Kier molecular flexibility index (Phi) is 11.6. The van der Waals surface area contributed by atoms with Crippen molar-refractivity contribution in [2.24, 2.45) is 17.8 Å². The van der Waals surface area contributed by atoms with Gasteiger partial charge in [-0.25, -0.2) is 9.97 Å². The van der Waals surface area contributed by atoms with Crippen LogP contribution in [0.25, 0.3) is 10.9 Å². The van der Waals surface area contributed by atoms with Crippen LogP contribution in [0.5, 0.6) is 0 Å². The number of benzene rings is 3. The van der Waals surface area contributed by atoms with E-state index in [4.69, 9.17) is 33.2 Å². The van der Waals surface area contributed by atoms with E-state index in [1.807, 2.05) is 50.5 Å². The molecule has 7 nitrogen and oxygen atoms in total. The molecule has 0 spiro atoms. The Morgan fingerprint density at radius 3 is 2.29 bits per heavy atom. The standard InChI is InChI=1S/C38H43Cl2N5O2S/c1-45(2)37-31-5-3-4-6-32(31)43-36(44-37)35-33(42-35)19-24-7-9-25(10-8-24)21-41-38(47)28(20-34(46)27-13-17-30(40)18-14-27)23-48-22-26-11-15-29(39)16-12-26/h3-6,11-18,24-25,28,33,35,42H,7-10,19-23H2,1-2H3,(H,41,47). The number of hydrogen-bond donors (Lipinski definition) is 2. The molecule has 1 amide bonds. The fourth-order valence-corrected chi connectivity index (χ4v) is 8.07. The van der Waals surface area contributed by atoms with E-state index in [1.165, 1.54) is 0 Å². The highest BCUT2D eigenvalue weighted by Crippen LogP contribution is 2.39. The van der Waals surface area contributed by atoms with Crippen LogP contribution in [0.15, 0.2) is 72.8 Å². The molecule has 1 aliphatic carbocycles. The SMILES string of the molecule is CN(C)c1nc(C2NC2CC2CCC(CNC(=O)C(CSCc3ccc(Cl)cc3)CC(=O)c3ccc(Cl)cc3)CC2)nc2ccccc12. The molecule has 10 heteroatoms. The molecule has 4 aromatic rings. The summed E-state index contributed by atoms with van der Waals surface area (Å²) in [6.07, 6.45) is 5.79. The molecular weight excluding hydrogens is 661 g/mol. The molecule has 1 aromatic heterocycles. The lowest BCUT2D eigenvalue weighted by molar-refractivity contribution is -0.124. The van der Waals surface area contributed by atoms with Crippen molar-refractivity contribution in [2.75, 3.05) is 31.3 Å². The van der Waals surface area contributed by atoms with Crippen molar-refractivity contribution in [2.45, 2.75) is 56.4 Å². The van der Waals surface area contributed by atoms with Gasteiger partial charge in [0.25, 0.3) is 0 Å². The third-order valence-corrected chi connectivity index (χ3v) is 11.3. The summed E-state index contributed by atoms with van der Waals surface area (Å²) in [7, 11) is 4.06. The van der Waals surface area contributed by atoms with Gasteiger partial charge < -0.3 is 15.5 Å². The second-order valence-electron chi connectivity index (χ2n) is 13.4. The number of thioether (sulfide) groups is 1. The predicted molar refractivity (Wildman–Crippen MR) is 198 cm³/mol. The molecule has 0 bridgehead atoms. The number of para-hydroxylation sites is 1. The van der Waals surface area contributed by atoms with Crippen molar-refractivity contribution in [1.82, 2.24) is 20.6 Å². The minimum atomic E-state index is -0.412. The van der Waals surface area contributed by atoms with Crippen molar-refractivity contribution in [3.8, 4) is 0 Å². The van der Waals surface area contributed by atoms with Gasteiger partial charge in [0, 0.05) is 65.6 Å². The van der Waals surface area contributed by atoms with Crippen LogP contribution in [0.2, 0.25) is 10.0 Å². The van der Waals surface area contributed by atoms with Crippen LogP contribution >= 0.6 is 35.0 Å². The molecule has 2 heterocycles. The molecule has 2 aliphatic rings. The lowest BCUT2D eigenvalue weighted by Gasteiger charge is -2.29. The molecule has 2 fully saturated rings. The van der Waals surface area contributed by atoms with Crippen LogP contribution in [0.3, 0.4) is 0 Å². The predicted octanol–water partition coefficient (Wildman–Crippen LogP) is 8.15. The van der Waals surface area contributed by atoms with E-state index in [-0.39, 0.29) is 24.2 Å². The zero-order valence-corrected chi connectivity index (χ0v) is 29.8. The molecule has 1 saturated carbocycles. The highest BCUT2D eigenvalue weighted by Gasteiger charge is 2.42. The zero-order valence-electron chi connectivity index (χ0n) is 27.5. The molecule has 3 unspecified atom stereocenters. The number of halogens is 2. The first-order valence-corrected chi connectivity index (χ1v) is 18.7. The molecule has 2 N–H and O–H groups in total. The molecule has 1 saturated heterocycles. The Hall–Kier alpha value is -3.17. The first-order valence-electron chi connectivity index (χ1n) is 16.8. The third kappa shape index (κ3) is 9.08.